The van der Waals surface area contributed by atoms with Gasteiger partial charge in [0, 0.05) is 25.7 Å². The van der Waals surface area contributed by atoms with Gasteiger partial charge < -0.3 is 9.64 Å². The fourth-order valence-electron chi connectivity index (χ4n) is 1.93. The summed E-state index contributed by atoms with van der Waals surface area (Å²) in [6.07, 6.45) is 0.801. The third kappa shape index (κ3) is 4.13. The largest absolute Gasteiger partial charge is 0.444 e. The monoisotopic (exact) mass is 278 g/mol. The van der Waals surface area contributed by atoms with E-state index in [1.54, 1.807) is 32.6 Å². The van der Waals surface area contributed by atoms with Crippen LogP contribution >= 0.6 is 0 Å². The van der Waals surface area contributed by atoms with Gasteiger partial charge in [0.15, 0.2) is 0 Å². The molecule has 1 aliphatic heterocycles. The maximum Gasteiger partial charge on any atom is 0.410 e. The molecule has 1 fully saturated rings. The van der Waals surface area contributed by atoms with Crippen molar-refractivity contribution in [2.45, 2.75) is 39.3 Å². The minimum absolute atomic E-state index is 0.221. The summed E-state index contributed by atoms with van der Waals surface area (Å²) in [4.78, 5) is 13.4. The van der Waals surface area contributed by atoms with Crippen LogP contribution in [0.25, 0.3) is 0 Å². The molecule has 0 aromatic carbocycles. The number of ether oxygens (including phenoxy) is 1. The Labute approximate surface area is 109 Å². The molecule has 1 rings (SSSR count). The molecule has 18 heavy (non-hydrogen) atoms. The van der Waals surface area contributed by atoms with Gasteiger partial charge in [-0.2, -0.15) is 4.31 Å². The SMILES string of the molecule is C[C@H]1CN(C(=O)OC(C)(C)C)CCN1S(C)(=O)=O. The first-order valence-electron chi connectivity index (χ1n) is 5.95. The summed E-state index contributed by atoms with van der Waals surface area (Å²) < 4.78 is 29.7. The second kappa shape index (κ2) is 5.05. The molecule has 106 valence electrons. The highest BCUT2D eigenvalue weighted by Gasteiger charge is 2.33. The summed E-state index contributed by atoms with van der Waals surface area (Å²) in [5, 5.41) is 0. The summed E-state index contributed by atoms with van der Waals surface area (Å²) in [6.45, 7) is 8.26. The summed E-state index contributed by atoms with van der Waals surface area (Å²) in [5.74, 6) is 0. The topological polar surface area (TPSA) is 66.9 Å². The molecule has 0 radical (unpaired) electrons. The van der Waals surface area contributed by atoms with Crippen molar-refractivity contribution in [2.75, 3.05) is 25.9 Å². The van der Waals surface area contributed by atoms with Crippen molar-refractivity contribution >= 4 is 16.1 Å². The van der Waals surface area contributed by atoms with Gasteiger partial charge in [0.2, 0.25) is 10.0 Å². The van der Waals surface area contributed by atoms with Crippen molar-refractivity contribution in [3.63, 3.8) is 0 Å². The number of carbonyl (C=O) groups is 1. The number of rotatable bonds is 1. The Kier molecular flexibility index (Phi) is 4.27. The Morgan fingerprint density at radius 1 is 1.28 bits per heavy atom. The van der Waals surface area contributed by atoms with Crippen molar-refractivity contribution in [2.24, 2.45) is 0 Å². The van der Waals surface area contributed by atoms with Crippen LogP contribution < -0.4 is 0 Å². The zero-order chi connectivity index (χ0) is 14.1. The lowest BCUT2D eigenvalue weighted by Crippen LogP contribution is -2.55. The predicted molar refractivity (Wildman–Crippen MR) is 68.8 cm³/mol. The Morgan fingerprint density at radius 2 is 1.83 bits per heavy atom. The normalized spacial score (nSPS) is 22.9. The molecule has 7 heteroatoms. The Balaban J connectivity index is 2.64. The Morgan fingerprint density at radius 3 is 2.22 bits per heavy atom. The zero-order valence-electron chi connectivity index (χ0n) is 11.6. The van der Waals surface area contributed by atoms with Gasteiger partial charge in [0.1, 0.15) is 5.60 Å². The number of sulfonamides is 1. The van der Waals surface area contributed by atoms with E-state index in [2.05, 4.69) is 0 Å². The Hall–Kier alpha value is -0.820. The van der Waals surface area contributed by atoms with Crippen molar-refractivity contribution in [1.82, 2.24) is 9.21 Å². The first-order chi connectivity index (χ1) is 8.00. The van der Waals surface area contributed by atoms with Crippen LogP contribution in [0.5, 0.6) is 0 Å². The summed E-state index contributed by atoms with van der Waals surface area (Å²) in [7, 11) is -3.20. The fraction of sp³-hybridized carbons (Fsp3) is 0.909. The van der Waals surface area contributed by atoms with Gasteiger partial charge >= 0.3 is 6.09 Å². The molecule has 6 nitrogen and oxygen atoms in total. The van der Waals surface area contributed by atoms with Crippen LogP contribution in [0.3, 0.4) is 0 Å². The molecular weight excluding hydrogens is 256 g/mol. The van der Waals surface area contributed by atoms with Crippen molar-refractivity contribution < 1.29 is 17.9 Å². The van der Waals surface area contributed by atoms with Crippen LogP contribution in [0.1, 0.15) is 27.7 Å². The number of piperazine rings is 1. The van der Waals surface area contributed by atoms with E-state index in [1.165, 1.54) is 10.6 Å². The van der Waals surface area contributed by atoms with E-state index in [4.69, 9.17) is 4.74 Å². The summed E-state index contributed by atoms with van der Waals surface area (Å²) in [5.41, 5.74) is -0.533. The van der Waals surface area contributed by atoms with E-state index in [1.807, 2.05) is 0 Å². The van der Waals surface area contributed by atoms with E-state index in [-0.39, 0.29) is 12.1 Å². The van der Waals surface area contributed by atoms with Crippen LogP contribution in [0.15, 0.2) is 0 Å². The maximum absolute atomic E-state index is 11.9. The average Bonchev–Trinajstić information content (AvgIpc) is 2.12. The van der Waals surface area contributed by atoms with Gasteiger partial charge in [-0.25, -0.2) is 13.2 Å². The number of hydrogen-bond acceptors (Lipinski definition) is 4. The standard InChI is InChI=1S/C11H22N2O4S/c1-9-8-12(10(14)17-11(2,3)4)6-7-13(9)18(5,15)16/h9H,6-8H2,1-5H3/t9-/m0/s1. The van der Waals surface area contributed by atoms with Gasteiger partial charge in [-0.05, 0) is 27.7 Å². The molecule has 0 N–H and O–H groups in total. The van der Waals surface area contributed by atoms with Crippen LogP contribution in [0.4, 0.5) is 4.79 Å². The van der Waals surface area contributed by atoms with E-state index < -0.39 is 15.6 Å². The molecule has 1 aliphatic rings. The quantitative estimate of drug-likeness (QED) is 0.714. The summed E-state index contributed by atoms with van der Waals surface area (Å²) >= 11 is 0. The van der Waals surface area contributed by atoms with Gasteiger partial charge in [0.25, 0.3) is 0 Å². The molecule has 0 saturated carbocycles. The third-order valence-corrected chi connectivity index (χ3v) is 4.04. The highest BCUT2D eigenvalue weighted by molar-refractivity contribution is 7.88. The van der Waals surface area contributed by atoms with Gasteiger partial charge in [-0.3, -0.25) is 0 Å². The first kappa shape index (κ1) is 15.2. The highest BCUT2D eigenvalue weighted by Crippen LogP contribution is 2.16. The fourth-order valence-corrected chi connectivity index (χ4v) is 3.06. The van der Waals surface area contributed by atoms with Crippen LogP contribution in [0, 0.1) is 0 Å². The zero-order valence-corrected chi connectivity index (χ0v) is 12.5. The number of carbonyl (C=O) groups excluding carboxylic acids is 1. The first-order valence-corrected chi connectivity index (χ1v) is 7.80. The molecule has 0 aromatic rings. The molecule has 0 aromatic heterocycles. The molecular formula is C11H22N2O4S. The molecule has 1 saturated heterocycles. The lowest BCUT2D eigenvalue weighted by Gasteiger charge is -2.38. The molecule has 0 spiro atoms. The van der Waals surface area contributed by atoms with Crippen molar-refractivity contribution in [3.05, 3.63) is 0 Å². The lowest BCUT2D eigenvalue weighted by molar-refractivity contribution is 0.0144. The minimum atomic E-state index is -3.20. The molecule has 1 heterocycles. The minimum Gasteiger partial charge on any atom is -0.444 e. The van der Waals surface area contributed by atoms with Gasteiger partial charge in [0.05, 0.1) is 6.26 Å². The van der Waals surface area contributed by atoms with E-state index in [9.17, 15) is 13.2 Å². The second-order valence-corrected chi connectivity index (χ2v) is 7.58. The van der Waals surface area contributed by atoms with Crippen molar-refractivity contribution in [1.29, 1.82) is 0 Å². The predicted octanol–water partition coefficient (Wildman–Crippen LogP) is 0.887. The highest BCUT2D eigenvalue weighted by atomic mass is 32.2. The van der Waals surface area contributed by atoms with Crippen LogP contribution in [-0.2, 0) is 14.8 Å². The smallest absolute Gasteiger partial charge is 0.410 e. The number of nitrogens with zero attached hydrogens (tertiary/aromatic N) is 2. The summed E-state index contributed by atoms with van der Waals surface area (Å²) in [6, 6.07) is -0.221. The molecule has 0 aliphatic carbocycles. The molecule has 0 bridgehead atoms. The van der Waals surface area contributed by atoms with Gasteiger partial charge in [-0.15, -0.1) is 0 Å². The molecule has 0 unspecified atom stereocenters. The second-order valence-electron chi connectivity index (χ2n) is 5.65. The average molecular weight is 278 g/mol. The number of amides is 1. The maximum atomic E-state index is 11.9. The van der Waals surface area contributed by atoms with E-state index in [0.717, 1.165) is 0 Å². The van der Waals surface area contributed by atoms with E-state index >= 15 is 0 Å². The third-order valence-electron chi connectivity index (χ3n) is 2.64. The van der Waals surface area contributed by atoms with Crippen LogP contribution in [0.2, 0.25) is 0 Å². The lowest BCUT2D eigenvalue weighted by atomic mass is 10.2. The van der Waals surface area contributed by atoms with Crippen LogP contribution in [-0.4, -0.2) is 61.2 Å². The Bertz CT molecular complexity index is 413. The molecule has 1 amide bonds. The van der Waals surface area contributed by atoms with E-state index in [0.29, 0.717) is 19.6 Å². The van der Waals surface area contributed by atoms with Crippen molar-refractivity contribution in [3.8, 4) is 0 Å². The number of hydrogen-bond donors (Lipinski definition) is 0. The van der Waals surface area contributed by atoms with Gasteiger partial charge in [-0.1, -0.05) is 0 Å². The molecule has 1 atom stereocenters.